The zero-order chi connectivity index (χ0) is 25.1. The van der Waals surface area contributed by atoms with Gasteiger partial charge in [0.2, 0.25) is 15.9 Å². The Balaban J connectivity index is 1.88. The maximum atomic E-state index is 13.4. The molecule has 0 heterocycles. The van der Waals surface area contributed by atoms with E-state index in [1.807, 2.05) is 18.2 Å². The SMILES string of the molecule is CC(=O)CCN(C(=O)[C@H](CC(=O)OC(C)(C)C)NS(=O)(=O)c1ccc2ccccc2c1)C1CC1. The molecule has 0 radical (unpaired) electrons. The maximum absolute atomic E-state index is 13.4. The lowest BCUT2D eigenvalue weighted by atomic mass is 10.1. The number of benzene rings is 2. The summed E-state index contributed by atoms with van der Waals surface area (Å²) < 4.78 is 34.3. The number of fused-ring (bicyclic) bond motifs is 1. The molecule has 0 aromatic heterocycles. The standard InChI is InChI=1S/C25H32N2O6S/c1-17(28)13-14-27(20-10-11-20)24(30)22(16-23(29)33-25(2,3)4)26-34(31,32)21-12-9-18-7-5-6-8-19(18)15-21/h5-9,12,15,20,22,26H,10-11,13-14,16H2,1-4H3/t22-/m0/s1. The lowest BCUT2D eigenvalue weighted by Crippen LogP contribution is -2.51. The van der Waals surface area contributed by atoms with Crippen LogP contribution in [0, 0.1) is 0 Å². The highest BCUT2D eigenvalue weighted by molar-refractivity contribution is 7.89. The molecule has 2 aromatic rings. The molecule has 1 aliphatic carbocycles. The monoisotopic (exact) mass is 488 g/mol. The van der Waals surface area contributed by atoms with Crippen LogP contribution in [0.1, 0.15) is 53.4 Å². The van der Waals surface area contributed by atoms with Gasteiger partial charge in [0.25, 0.3) is 0 Å². The average Bonchev–Trinajstić information content (AvgIpc) is 3.56. The molecule has 1 saturated carbocycles. The van der Waals surface area contributed by atoms with Crippen LogP contribution in [0.4, 0.5) is 0 Å². The van der Waals surface area contributed by atoms with E-state index in [2.05, 4.69) is 4.72 Å². The lowest BCUT2D eigenvalue weighted by Gasteiger charge is -2.28. The summed E-state index contributed by atoms with van der Waals surface area (Å²) in [6.45, 7) is 6.72. The number of hydrogen-bond acceptors (Lipinski definition) is 6. The van der Waals surface area contributed by atoms with Crippen LogP contribution in [-0.2, 0) is 29.1 Å². The van der Waals surface area contributed by atoms with Crippen LogP contribution in [0.2, 0.25) is 0 Å². The summed E-state index contributed by atoms with van der Waals surface area (Å²) in [5.74, 6) is -1.28. The first-order valence-electron chi connectivity index (χ1n) is 11.4. The minimum absolute atomic E-state index is 0.00473. The molecule has 3 rings (SSSR count). The number of esters is 1. The number of hydrogen-bond donors (Lipinski definition) is 1. The Hall–Kier alpha value is -2.78. The minimum atomic E-state index is -4.13. The number of nitrogens with zero attached hydrogens (tertiary/aromatic N) is 1. The van der Waals surface area contributed by atoms with E-state index in [-0.39, 0.29) is 29.7 Å². The molecule has 1 fully saturated rings. The third-order valence-corrected chi connectivity index (χ3v) is 6.86. The Morgan fingerprint density at radius 2 is 1.74 bits per heavy atom. The molecule has 0 saturated heterocycles. The highest BCUT2D eigenvalue weighted by Crippen LogP contribution is 2.28. The summed E-state index contributed by atoms with van der Waals surface area (Å²) >= 11 is 0. The fourth-order valence-electron chi connectivity index (χ4n) is 3.66. The summed E-state index contributed by atoms with van der Waals surface area (Å²) in [5, 5.41) is 1.62. The van der Waals surface area contributed by atoms with Crippen molar-refractivity contribution < 1.29 is 27.5 Å². The van der Waals surface area contributed by atoms with Crippen LogP contribution in [0.5, 0.6) is 0 Å². The van der Waals surface area contributed by atoms with Gasteiger partial charge in [-0.05, 0) is 63.4 Å². The molecule has 0 spiro atoms. The molecule has 34 heavy (non-hydrogen) atoms. The second-order valence-electron chi connectivity index (χ2n) is 9.69. The molecular formula is C25H32N2O6S. The van der Waals surface area contributed by atoms with Crippen molar-refractivity contribution in [3.63, 3.8) is 0 Å². The van der Waals surface area contributed by atoms with Gasteiger partial charge in [-0.3, -0.25) is 14.4 Å². The normalized spacial score (nSPS) is 15.1. The van der Waals surface area contributed by atoms with Crippen molar-refractivity contribution in [2.45, 2.75) is 76.0 Å². The Kier molecular flexibility index (Phi) is 7.77. The number of ether oxygens (including phenoxy) is 1. The van der Waals surface area contributed by atoms with E-state index in [9.17, 15) is 22.8 Å². The molecule has 1 N–H and O–H groups in total. The first-order valence-corrected chi connectivity index (χ1v) is 12.9. The number of carbonyl (C=O) groups excluding carboxylic acids is 3. The summed E-state index contributed by atoms with van der Waals surface area (Å²) in [7, 11) is -4.13. The van der Waals surface area contributed by atoms with Crippen molar-refractivity contribution in [3.8, 4) is 0 Å². The van der Waals surface area contributed by atoms with Gasteiger partial charge in [-0.2, -0.15) is 4.72 Å². The molecule has 9 heteroatoms. The molecule has 184 valence electrons. The number of sulfonamides is 1. The van der Waals surface area contributed by atoms with E-state index >= 15 is 0 Å². The molecule has 0 aliphatic heterocycles. The van der Waals surface area contributed by atoms with Crippen LogP contribution < -0.4 is 4.72 Å². The lowest BCUT2D eigenvalue weighted by molar-refractivity contribution is -0.157. The molecule has 2 aromatic carbocycles. The van der Waals surface area contributed by atoms with Gasteiger partial charge in [0.1, 0.15) is 17.4 Å². The predicted octanol–water partition coefficient (Wildman–Crippen LogP) is 3.19. The predicted molar refractivity (Wildman–Crippen MR) is 129 cm³/mol. The molecule has 1 amide bonds. The van der Waals surface area contributed by atoms with Gasteiger partial charge in [0.15, 0.2) is 0 Å². The largest absolute Gasteiger partial charge is 0.460 e. The van der Waals surface area contributed by atoms with Crippen LogP contribution >= 0.6 is 0 Å². The number of rotatable bonds is 10. The highest BCUT2D eigenvalue weighted by Gasteiger charge is 2.39. The molecule has 1 aliphatic rings. The van der Waals surface area contributed by atoms with E-state index in [4.69, 9.17) is 4.74 Å². The van der Waals surface area contributed by atoms with E-state index in [0.717, 1.165) is 23.6 Å². The second-order valence-corrected chi connectivity index (χ2v) is 11.4. The van der Waals surface area contributed by atoms with E-state index < -0.39 is 40.0 Å². The summed E-state index contributed by atoms with van der Waals surface area (Å²) in [6.07, 6.45) is 1.27. The van der Waals surface area contributed by atoms with E-state index in [1.54, 1.807) is 32.9 Å². The molecular weight excluding hydrogens is 456 g/mol. The van der Waals surface area contributed by atoms with Crippen molar-refractivity contribution in [2.75, 3.05) is 6.54 Å². The third-order valence-electron chi connectivity index (χ3n) is 5.39. The Morgan fingerprint density at radius 1 is 1.09 bits per heavy atom. The fraction of sp³-hybridized carbons (Fsp3) is 0.480. The molecule has 0 unspecified atom stereocenters. The van der Waals surface area contributed by atoms with Crippen molar-refractivity contribution >= 4 is 38.5 Å². The fourth-order valence-corrected chi connectivity index (χ4v) is 4.88. The van der Waals surface area contributed by atoms with Crippen molar-refractivity contribution in [1.29, 1.82) is 0 Å². The summed E-state index contributed by atoms with van der Waals surface area (Å²) in [4.78, 5) is 39.0. The number of carbonyl (C=O) groups is 3. The first kappa shape index (κ1) is 25.8. The van der Waals surface area contributed by atoms with Crippen LogP contribution in [0.15, 0.2) is 47.4 Å². The third kappa shape index (κ3) is 7.11. The maximum Gasteiger partial charge on any atom is 0.308 e. The van der Waals surface area contributed by atoms with Gasteiger partial charge in [-0.15, -0.1) is 0 Å². The van der Waals surface area contributed by atoms with Gasteiger partial charge in [-0.1, -0.05) is 30.3 Å². The molecule has 1 atom stereocenters. The second kappa shape index (κ2) is 10.2. The van der Waals surface area contributed by atoms with Gasteiger partial charge in [0.05, 0.1) is 11.3 Å². The van der Waals surface area contributed by atoms with Crippen LogP contribution in [0.3, 0.4) is 0 Å². The van der Waals surface area contributed by atoms with Crippen molar-refractivity contribution in [3.05, 3.63) is 42.5 Å². The Labute approximate surface area is 200 Å². The summed E-state index contributed by atoms with van der Waals surface area (Å²) in [6, 6.07) is 10.6. The number of Topliss-reactive ketones (excluding diaryl/α,β-unsaturated/α-hetero) is 1. The Morgan fingerprint density at radius 3 is 2.32 bits per heavy atom. The van der Waals surface area contributed by atoms with Gasteiger partial charge < -0.3 is 9.64 Å². The van der Waals surface area contributed by atoms with Crippen LogP contribution in [-0.4, -0.2) is 55.2 Å². The van der Waals surface area contributed by atoms with E-state index in [0.29, 0.717) is 0 Å². The number of amides is 1. The van der Waals surface area contributed by atoms with Gasteiger partial charge >= 0.3 is 5.97 Å². The van der Waals surface area contributed by atoms with Crippen LogP contribution in [0.25, 0.3) is 10.8 Å². The summed E-state index contributed by atoms with van der Waals surface area (Å²) in [5.41, 5.74) is -0.785. The zero-order valence-corrected chi connectivity index (χ0v) is 20.9. The highest BCUT2D eigenvalue weighted by atomic mass is 32.2. The van der Waals surface area contributed by atoms with Gasteiger partial charge in [-0.25, -0.2) is 8.42 Å². The van der Waals surface area contributed by atoms with Crippen molar-refractivity contribution in [1.82, 2.24) is 9.62 Å². The smallest absolute Gasteiger partial charge is 0.308 e. The first-order chi connectivity index (χ1) is 15.9. The van der Waals surface area contributed by atoms with Gasteiger partial charge in [0, 0.05) is 19.0 Å². The quantitative estimate of drug-likeness (QED) is 0.515. The Bertz CT molecular complexity index is 1180. The molecule has 0 bridgehead atoms. The van der Waals surface area contributed by atoms with Crippen molar-refractivity contribution in [2.24, 2.45) is 0 Å². The average molecular weight is 489 g/mol. The zero-order valence-electron chi connectivity index (χ0n) is 20.0. The van der Waals surface area contributed by atoms with E-state index in [1.165, 1.54) is 24.0 Å². The topological polar surface area (TPSA) is 110 Å². The number of ketones is 1. The minimum Gasteiger partial charge on any atom is -0.460 e. The molecule has 8 nitrogen and oxygen atoms in total. The number of nitrogens with one attached hydrogen (secondary N) is 1.